The average molecular weight is 257 g/mol. The number of aliphatic hydroxyl groups is 1. The Morgan fingerprint density at radius 2 is 2.16 bits per heavy atom. The summed E-state index contributed by atoms with van der Waals surface area (Å²) in [6, 6.07) is 9.87. The fourth-order valence-corrected chi connectivity index (χ4v) is 2.11. The molecule has 0 spiro atoms. The highest BCUT2D eigenvalue weighted by Crippen LogP contribution is 2.29. The Bertz CT molecular complexity index is 569. The third-order valence-corrected chi connectivity index (χ3v) is 3.07. The van der Waals surface area contributed by atoms with Crippen LogP contribution in [0.15, 0.2) is 30.3 Å². The second-order valence-corrected chi connectivity index (χ2v) is 4.38. The molecule has 0 unspecified atom stereocenters. The molecule has 98 valence electrons. The Morgan fingerprint density at radius 3 is 2.95 bits per heavy atom. The van der Waals surface area contributed by atoms with E-state index >= 15 is 0 Å². The molecule has 1 aliphatic heterocycles. The first kappa shape index (κ1) is 11.9. The Hall–Kier alpha value is -2.14. The molecule has 1 aromatic heterocycles. The van der Waals surface area contributed by atoms with Gasteiger partial charge in [-0.3, -0.25) is 0 Å². The van der Waals surface area contributed by atoms with Gasteiger partial charge in [0.2, 0.25) is 0 Å². The van der Waals surface area contributed by atoms with Gasteiger partial charge in [0.25, 0.3) is 0 Å². The molecule has 0 radical (unpaired) electrons. The van der Waals surface area contributed by atoms with Crippen LogP contribution in [-0.2, 0) is 6.42 Å². The lowest BCUT2D eigenvalue weighted by Crippen LogP contribution is -2.07. The largest absolute Gasteiger partial charge is 0.493 e. The van der Waals surface area contributed by atoms with Crippen molar-refractivity contribution in [2.45, 2.75) is 6.42 Å². The molecule has 19 heavy (non-hydrogen) atoms. The van der Waals surface area contributed by atoms with Crippen LogP contribution in [0.25, 0.3) is 11.3 Å². The van der Waals surface area contributed by atoms with E-state index in [1.54, 1.807) is 0 Å². The van der Waals surface area contributed by atoms with Crippen molar-refractivity contribution in [3.8, 4) is 17.0 Å². The van der Waals surface area contributed by atoms with Crippen LogP contribution in [0.3, 0.4) is 0 Å². The summed E-state index contributed by atoms with van der Waals surface area (Å²) in [5.41, 5.74) is 3.11. The Kier molecular flexibility index (Phi) is 3.29. The van der Waals surface area contributed by atoms with Gasteiger partial charge in [0.1, 0.15) is 11.6 Å². The van der Waals surface area contributed by atoms with E-state index in [1.807, 2.05) is 24.3 Å². The lowest BCUT2D eigenvalue weighted by Gasteiger charge is -2.05. The van der Waals surface area contributed by atoms with Crippen molar-refractivity contribution in [1.82, 2.24) is 10.2 Å². The highest BCUT2D eigenvalue weighted by atomic mass is 16.5. The van der Waals surface area contributed by atoms with Gasteiger partial charge in [-0.1, -0.05) is 0 Å². The molecule has 2 heterocycles. The molecule has 1 aliphatic rings. The number of hydrogen-bond acceptors (Lipinski definition) is 5. The second-order valence-electron chi connectivity index (χ2n) is 4.38. The predicted molar refractivity (Wildman–Crippen MR) is 72.2 cm³/mol. The van der Waals surface area contributed by atoms with Gasteiger partial charge in [-0.15, -0.1) is 10.2 Å². The molecule has 5 heteroatoms. The van der Waals surface area contributed by atoms with Gasteiger partial charge in [-0.25, -0.2) is 0 Å². The predicted octanol–water partition coefficient (Wildman–Crippen LogP) is 1.48. The average Bonchev–Trinajstić information content (AvgIpc) is 2.93. The van der Waals surface area contributed by atoms with Crippen LogP contribution in [0, 0.1) is 0 Å². The Morgan fingerprint density at radius 1 is 1.21 bits per heavy atom. The summed E-state index contributed by atoms with van der Waals surface area (Å²) in [5, 5.41) is 20.0. The number of anilines is 1. The van der Waals surface area contributed by atoms with Gasteiger partial charge >= 0.3 is 0 Å². The standard InChI is InChI=1S/C14H15N3O2/c18-7-6-15-14-4-2-12(16-17-14)10-1-3-13-11(9-10)5-8-19-13/h1-4,9,18H,5-8H2,(H,15,17). The first-order chi connectivity index (χ1) is 9.36. The van der Waals surface area contributed by atoms with Gasteiger partial charge in [0, 0.05) is 18.5 Å². The van der Waals surface area contributed by atoms with E-state index in [2.05, 4.69) is 21.6 Å². The molecular weight excluding hydrogens is 242 g/mol. The zero-order valence-electron chi connectivity index (χ0n) is 10.5. The van der Waals surface area contributed by atoms with E-state index in [0.717, 1.165) is 30.0 Å². The zero-order chi connectivity index (χ0) is 13.1. The lowest BCUT2D eigenvalue weighted by atomic mass is 10.1. The van der Waals surface area contributed by atoms with E-state index in [4.69, 9.17) is 9.84 Å². The molecule has 0 fully saturated rings. The molecule has 0 aliphatic carbocycles. The molecule has 2 N–H and O–H groups in total. The monoisotopic (exact) mass is 257 g/mol. The SMILES string of the molecule is OCCNc1ccc(-c2ccc3c(c2)CCO3)nn1. The Balaban J connectivity index is 1.82. The number of fused-ring (bicyclic) bond motifs is 1. The van der Waals surface area contributed by atoms with E-state index in [9.17, 15) is 0 Å². The summed E-state index contributed by atoms with van der Waals surface area (Å²) in [4.78, 5) is 0. The third kappa shape index (κ3) is 2.51. The highest BCUT2D eigenvalue weighted by molar-refractivity contribution is 5.63. The third-order valence-electron chi connectivity index (χ3n) is 3.07. The van der Waals surface area contributed by atoms with Crippen molar-refractivity contribution in [1.29, 1.82) is 0 Å². The van der Waals surface area contributed by atoms with E-state index in [1.165, 1.54) is 5.56 Å². The van der Waals surface area contributed by atoms with Crippen molar-refractivity contribution in [3.63, 3.8) is 0 Å². The fraction of sp³-hybridized carbons (Fsp3) is 0.286. The van der Waals surface area contributed by atoms with Crippen LogP contribution in [0.1, 0.15) is 5.56 Å². The maximum atomic E-state index is 8.73. The minimum absolute atomic E-state index is 0.0776. The number of aliphatic hydroxyl groups excluding tert-OH is 1. The van der Waals surface area contributed by atoms with Crippen LogP contribution >= 0.6 is 0 Å². The molecule has 3 rings (SSSR count). The number of aromatic nitrogens is 2. The minimum Gasteiger partial charge on any atom is -0.493 e. The molecular formula is C14H15N3O2. The minimum atomic E-state index is 0.0776. The van der Waals surface area contributed by atoms with Crippen molar-refractivity contribution in [2.75, 3.05) is 25.1 Å². The first-order valence-electron chi connectivity index (χ1n) is 6.31. The molecule has 1 aromatic carbocycles. The molecule has 0 saturated carbocycles. The summed E-state index contributed by atoms with van der Waals surface area (Å²) in [7, 11) is 0. The normalized spacial score (nSPS) is 12.9. The van der Waals surface area contributed by atoms with Gasteiger partial charge in [0.15, 0.2) is 0 Å². The van der Waals surface area contributed by atoms with Gasteiger partial charge in [-0.05, 0) is 35.9 Å². The number of nitrogens with one attached hydrogen (secondary N) is 1. The number of hydrogen-bond donors (Lipinski definition) is 2. The number of ether oxygens (including phenoxy) is 1. The molecule has 0 amide bonds. The van der Waals surface area contributed by atoms with Crippen molar-refractivity contribution < 1.29 is 9.84 Å². The van der Waals surface area contributed by atoms with Crippen LogP contribution < -0.4 is 10.1 Å². The topological polar surface area (TPSA) is 67.3 Å². The van der Waals surface area contributed by atoms with Gasteiger partial charge in [0.05, 0.1) is 18.9 Å². The summed E-state index contributed by atoms with van der Waals surface area (Å²) in [5.74, 6) is 1.64. The number of benzene rings is 1. The van der Waals surface area contributed by atoms with Crippen molar-refractivity contribution in [3.05, 3.63) is 35.9 Å². The highest BCUT2D eigenvalue weighted by Gasteiger charge is 2.13. The summed E-state index contributed by atoms with van der Waals surface area (Å²) in [6.45, 7) is 1.31. The van der Waals surface area contributed by atoms with Crippen LogP contribution in [0.5, 0.6) is 5.75 Å². The van der Waals surface area contributed by atoms with Crippen LogP contribution in [-0.4, -0.2) is 35.1 Å². The molecule has 2 aromatic rings. The number of rotatable bonds is 4. The molecule has 5 nitrogen and oxygen atoms in total. The molecule has 0 atom stereocenters. The lowest BCUT2D eigenvalue weighted by molar-refractivity contribution is 0.311. The smallest absolute Gasteiger partial charge is 0.148 e. The number of nitrogens with zero attached hydrogens (tertiary/aromatic N) is 2. The second kappa shape index (κ2) is 5.24. The van der Waals surface area contributed by atoms with Crippen LogP contribution in [0.2, 0.25) is 0 Å². The van der Waals surface area contributed by atoms with E-state index in [0.29, 0.717) is 12.4 Å². The zero-order valence-corrected chi connectivity index (χ0v) is 10.5. The maximum Gasteiger partial charge on any atom is 0.148 e. The molecule has 0 bridgehead atoms. The molecule has 0 saturated heterocycles. The first-order valence-corrected chi connectivity index (χ1v) is 6.31. The Labute approximate surface area is 111 Å². The van der Waals surface area contributed by atoms with Gasteiger partial charge in [-0.2, -0.15) is 0 Å². The van der Waals surface area contributed by atoms with Crippen LogP contribution in [0.4, 0.5) is 5.82 Å². The van der Waals surface area contributed by atoms with E-state index < -0.39 is 0 Å². The summed E-state index contributed by atoms with van der Waals surface area (Å²) in [6.07, 6.45) is 0.951. The summed E-state index contributed by atoms with van der Waals surface area (Å²) < 4.78 is 5.48. The van der Waals surface area contributed by atoms with Gasteiger partial charge < -0.3 is 15.2 Å². The maximum absolute atomic E-state index is 8.73. The van der Waals surface area contributed by atoms with E-state index in [-0.39, 0.29) is 6.61 Å². The fourth-order valence-electron chi connectivity index (χ4n) is 2.11. The quantitative estimate of drug-likeness (QED) is 0.868. The van der Waals surface area contributed by atoms with Crippen molar-refractivity contribution >= 4 is 5.82 Å². The summed E-state index contributed by atoms with van der Waals surface area (Å²) >= 11 is 0. The van der Waals surface area contributed by atoms with Crippen molar-refractivity contribution in [2.24, 2.45) is 0 Å².